The van der Waals surface area contributed by atoms with Gasteiger partial charge in [0.2, 0.25) is 17.6 Å². The van der Waals surface area contributed by atoms with Gasteiger partial charge in [-0.3, -0.25) is 4.79 Å². The molecule has 4 rings (SSSR count). The van der Waals surface area contributed by atoms with Gasteiger partial charge in [-0.1, -0.05) is 53.7 Å². The zero-order chi connectivity index (χ0) is 19.3. The second-order valence-electron chi connectivity index (χ2n) is 7.12. The third-order valence-corrected chi connectivity index (χ3v) is 5.25. The minimum absolute atomic E-state index is 0.104. The second kappa shape index (κ2) is 8.25. The quantitative estimate of drug-likeness (QED) is 0.680. The van der Waals surface area contributed by atoms with Crippen LogP contribution in [0.15, 0.2) is 59.1 Å². The van der Waals surface area contributed by atoms with Gasteiger partial charge in [0.25, 0.3) is 0 Å². The standard InChI is InChI=1S/C22H24N4O2/c23-18-11-5-4-8-16(18)13-14-20(27)26-15-7-6-12-19(26)22-24-21(25-28-22)17-9-2-1-3-10-17/h1-5,8-11,19H,6-7,12-15,23H2. The molecule has 2 N–H and O–H groups in total. The molecule has 144 valence electrons. The Morgan fingerprint density at radius 3 is 2.71 bits per heavy atom. The van der Waals surface area contributed by atoms with Crippen molar-refractivity contribution in [1.82, 2.24) is 15.0 Å². The van der Waals surface area contributed by atoms with Crippen LogP contribution in [0.5, 0.6) is 0 Å². The normalized spacial score (nSPS) is 16.9. The van der Waals surface area contributed by atoms with Crippen molar-refractivity contribution in [1.29, 1.82) is 0 Å². The Morgan fingerprint density at radius 1 is 1.11 bits per heavy atom. The number of aromatic nitrogens is 2. The van der Waals surface area contributed by atoms with Crippen LogP contribution in [0.25, 0.3) is 11.4 Å². The molecule has 0 bridgehead atoms. The van der Waals surface area contributed by atoms with Gasteiger partial charge in [-0.05, 0) is 37.3 Å². The van der Waals surface area contributed by atoms with Gasteiger partial charge in [-0.15, -0.1) is 0 Å². The Morgan fingerprint density at radius 2 is 1.89 bits per heavy atom. The Bertz CT molecular complexity index is 938. The number of carbonyl (C=O) groups is 1. The van der Waals surface area contributed by atoms with Gasteiger partial charge < -0.3 is 15.2 Å². The van der Waals surface area contributed by atoms with E-state index in [0.29, 0.717) is 24.6 Å². The van der Waals surface area contributed by atoms with Gasteiger partial charge in [-0.2, -0.15) is 4.98 Å². The molecule has 6 heteroatoms. The number of likely N-dealkylation sites (tertiary alicyclic amines) is 1. The SMILES string of the molecule is Nc1ccccc1CCC(=O)N1CCCCC1c1nc(-c2ccccc2)no1. The summed E-state index contributed by atoms with van der Waals surface area (Å²) in [6.07, 6.45) is 3.94. The molecule has 1 saturated heterocycles. The molecule has 1 fully saturated rings. The number of benzene rings is 2. The fourth-order valence-corrected chi connectivity index (χ4v) is 3.71. The zero-order valence-corrected chi connectivity index (χ0v) is 15.8. The molecule has 28 heavy (non-hydrogen) atoms. The first kappa shape index (κ1) is 18.2. The molecule has 1 amide bonds. The molecule has 2 heterocycles. The predicted molar refractivity (Wildman–Crippen MR) is 107 cm³/mol. The number of hydrogen-bond acceptors (Lipinski definition) is 5. The fraction of sp³-hybridized carbons (Fsp3) is 0.318. The lowest BCUT2D eigenvalue weighted by molar-refractivity contribution is -0.135. The number of hydrogen-bond donors (Lipinski definition) is 1. The molecule has 6 nitrogen and oxygen atoms in total. The van der Waals surface area contributed by atoms with Crippen LogP contribution in [0.2, 0.25) is 0 Å². The van der Waals surface area contributed by atoms with E-state index in [4.69, 9.17) is 10.3 Å². The maximum atomic E-state index is 12.9. The first-order valence-corrected chi connectivity index (χ1v) is 9.74. The highest BCUT2D eigenvalue weighted by Crippen LogP contribution is 2.32. The molecule has 1 aliphatic rings. The van der Waals surface area contributed by atoms with Crippen molar-refractivity contribution < 1.29 is 9.32 Å². The average molecular weight is 376 g/mol. The van der Waals surface area contributed by atoms with Crippen molar-refractivity contribution >= 4 is 11.6 Å². The summed E-state index contributed by atoms with van der Waals surface area (Å²) < 4.78 is 5.55. The zero-order valence-electron chi connectivity index (χ0n) is 15.8. The summed E-state index contributed by atoms with van der Waals surface area (Å²) in [7, 11) is 0. The van der Waals surface area contributed by atoms with E-state index in [9.17, 15) is 4.79 Å². The topological polar surface area (TPSA) is 85.3 Å². The maximum Gasteiger partial charge on any atom is 0.249 e. The second-order valence-corrected chi connectivity index (χ2v) is 7.12. The Labute approximate surface area is 164 Å². The molecule has 3 aromatic rings. The largest absolute Gasteiger partial charge is 0.399 e. The predicted octanol–water partition coefficient (Wildman–Crippen LogP) is 4.01. The van der Waals surface area contributed by atoms with Crippen molar-refractivity contribution in [2.75, 3.05) is 12.3 Å². The molecule has 0 radical (unpaired) electrons. The van der Waals surface area contributed by atoms with Crippen molar-refractivity contribution in [2.45, 2.75) is 38.1 Å². The van der Waals surface area contributed by atoms with E-state index in [0.717, 1.165) is 42.6 Å². The highest BCUT2D eigenvalue weighted by atomic mass is 16.5. The van der Waals surface area contributed by atoms with Crippen molar-refractivity contribution in [3.05, 3.63) is 66.1 Å². The van der Waals surface area contributed by atoms with Gasteiger partial charge in [0.05, 0.1) is 0 Å². The summed E-state index contributed by atoms with van der Waals surface area (Å²) in [5.74, 6) is 1.18. The van der Waals surface area contributed by atoms with Crippen molar-refractivity contribution in [3.63, 3.8) is 0 Å². The molecule has 1 unspecified atom stereocenters. The number of nitrogen functional groups attached to an aromatic ring is 1. The monoisotopic (exact) mass is 376 g/mol. The first-order chi connectivity index (χ1) is 13.7. The van der Waals surface area contributed by atoms with Crippen LogP contribution in [0, 0.1) is 0 Å². The highest BCUT2D eigenvalue weighted by molar-refractivity contribution is 5.77. The van der Waals surface area contributed by atoms with Crippen LogP contribution in [-0.4, -0.2) is 27.5 Å². The Kier molecular flexibility index (Phi) is 5.37. The summed E-state index contributed by atoms with van der Waals surface area (Å²) >= 11 is 0. The van der Waals surface area contributed by atoms with E-state index in [2.05, 4.69) is 10.1 Å². The average Bonchev–Trinajstić information content (AvgIpc) is 3.24. The smallest absolute Gasteiger partial charge is 0.249 e. The summed E-state index contributed by atoms with van der Waals surface area (Å²) in [4.78, 5) is 19.4. The van der Waals surface area contributed by atoms with Crippen LogP contribution in [-0.2, 0) is 11.2 Å². The molecule has 1 aromatic heterocycles. The minimum Gasteiger partial charge on any atom is -0.399 e. The van der Waals surface area contributed by atoms with Crippen LogP contribution >= 0.6 is 0 Å². The van der Waals surface area contributed by atoms with Gasteiger partial charge in [0.15, 0.2) is 0 Å². The maximum absolute atomic E-state index is 12.9. The lowest BCUT2D eigenvalue weighted by atomic mass is 10.0. The van der Waals surface area contributed by atoms with Crippen molar-refractivity contribution in [2.24, 2.45) is 0 Å². The lowest BCUT2D eigenvalue weighted by Gasteiger charge is -2.33. The number of piperidine rings is 1. The summed E-state index contributed by atoms with van der Waals surface area (Å²) in [6.45, 7) is 0.719. The van der Waals surface area contributed by atoms with Crippen LogP contribution < -0.4 is 5.73 Å². The fourth-order valence-electron chi connectivity index (χ4n) is 3.71. The molecule has 1 aliphatic heterocycles. The number of carbonyl (C=O) groups excluding carboxylic acids is 1. The molecular formula is C22H24N4O2. The number of nitrogens with two attached hydrogens (primary N) is 1. The number of para-hydroxylation sites is 1. The number of nitrogens with zero attached hydrogens (tertiary/aromatic N) is 3. The van der Waals surface area contributed by atoms with Crippen molar-refractivity contribution in [3.8, 4) is 11.4 Å². The number of rotatable bonds is 5. The molecule has 0 spiro atoms. The van der Waals surface area contributed by atoms with E-state index in [1.807, 2.05) is 59.5 Å². The van der Waals surface area contributed by atoms with Crippen LogP contribution in [0.3, 0.4) is 0 Å². The summed E-state index contributed by atoms with van der Waals surface area (Å²) in [5.41, 5.74) is 8.65. The van der Waals surface area contributed by atoms with Gasteiger partial charge in [0, 0.05) is 24.2 Å². The summed E-state index contributed by atoms with van der Waals surface area (Å²) in [6, 6.07) is 17.3. The van der Waals surface area contributed by atoms with Gasteiger partial charge in [-0.25, -0.2) is 0 Å². The third-order valence-electron chi connectivity index (χ3n) is 5.25. The first-order valence-electron chi connectivity index (χ1n) is 9.74. The van der Waals surface area contributed by atoms with Crippen LogP contribution in [0.4, 0.5) is 5.69 Å². The molecule has 0 aliphatic carbocycles. The Hall–Kier alpha value is -3.15. The Balaban J connectivity index is 1.48. The molecular weight excluding hydrogens is 352 g/mol. The lowest BCUT2D eigenvalue weighted by Crippen LogP contribution is -2.38. The van der Waals surface area contributed by atoms with Crippen LogP contribution in [0.1, 0.15) is 43.2 Å². The number of aryl methyl sites for hydroxylation is 1. The van der Waals surface area contributed by atoms with E-state index >= 15 is 0 Å². The minimum atomic E-state index is -0.153. The van der Waals surface area contributed by atoms with E-state index in [1.54, 1.807) is 0 Å². The molecule has 2 aromatic carbocycles. The number of anilines is 1. The van der Waals surface area contributed by atoms with E-state index in [-0.39, 0.29) is 11.9 Å². The molecule has 0 saturated carbocycles. The van der Waals surface area contributed by atoms with Gasteiger partial charge in [0.1, 0.15) is 6.04 Å². The van der Waals surface area contributed by atoms with E-state index in [1.165, 1.54) is 0 Å². The highest BCUT2D eigenvalue weighted by Gasteiger charge is 2.32. The number of amides is 1. The van der Waals surface area contributed by atoms with Gasteiger partial charge >= 0.3 is 0 Å². The third kappa shape index (κ3) is 3.91. The summed E-state index contributed by atoms with van der Waals surface area (Å²) in [5, 5.41) is 4.12. The molecule has 1 atom stereocenters. The van der Waals surface area contributed by atoms with E-state index < -0.39 is 0 Å².